The van der Waals surface area contributed by atoms with Crippen LogP contribution in [0.5, 0.6) is 0 Å². The molecule has 7 nitrogen and oxygen atoms in total. The quantitative estimate of drug-likeness (QED) is 0.802. The molecular weight excluding hydrogens is 320 g/mol. The Kier molecular flexibility index (Phi) is 5.56. The molecule has 0 spiro atoms. The monoisotopic (exact) mass is 344 g/mol. The number of aromatic nitrogens is 3. The second-order valence-electron chi connectivity index (χ2n) is 6.80. The number of rotatable bonds is 7. The average Bonchev–Trinajstić information content (AvgIpc) is 3.02. The van der Waals surface area contributed by atoms with Gasteiger partial charge in [-0.25, -0.2) is 9.48 Å². The molecule has 1 aromatic heterocycles. The maximum atomic E-state index is 12.3. The number of carbonyl (C=O) groups excluding carboxylic acids is 1. The van der Waals surface area contributed by atoms with Gasteiger partial charge >= 0.3 is 5.97 Å². The summed E-state index contributed by atoms with van der Waals surface area (Å²) >= 11 is 0. The van der Waals surface area contributed by atoms with Crippen molar-refractivity contribution in [2.45, 2.75) is 51.6 Å². The molecule has 1 amide bonds. The summed E-state index contributed by atoms with van der Waals surface area (Å²) in [6.07, 6.45) is 2.44. The zero-order valence-corrected chi connectivity index (χ0v) is 14.9. The number of aliphatic carboxylic acids is 1. The summed E-state index contributed by atoms with van der Waals surface area (Å²) in [5, 5.41) is 19.8. The van der Waals surface area contributed by atoms with Crippen LogP contribution in [0.3, 0.4) is 0 Å². The van der Waals surface area contributed by atoms with Crippen LogP contribution in [0, 0.1) is 0 Å². The highest BCUT2D eigenvalue weighted by Gasteiger charge is 2.31. The predicted octanol–water partition coefficient (Wildman–Crippen LogP) is 2.16. The first-order valence-electron chi connectivity index (χ1n) is 8.22. The molecule has 2 rings (SSSR count). The molecule has 0 saturated carbocycles. The summed E-state index contributed by atoms with van der Waals surface area (Å²) in [5.74, 6) is -1.23. The number of nitrogens with zero attached hydrogens (tertiary/aromatic N) is 3. The van der Waals surface area contributed by atoms with Crippen molar-refractivity contribution in [3.63, 3.8) is 0 Å². The minimum absolute atomic E-state index is 0.279. The summed E-state index contributed by atoms with van der Waals surface area (Å²) in [4.78, 5) is 23.4. The lowest BCUT2D eigenvalue weighted by Crippen LogP contribution is -2.51. The van der Waals surface area contributed by atoms with Crippen LogP contribution in [-0.2, 0) is 16.0 Å². The van der Waals surface area contributed by atoms with E-state index in [-0.39, 0.29) is 5.92 Å². The van der Waals surface area contributed by atoms with Crippen molar-refractivity contribution in [1.82, 2.24) is 20.3 Å². The minimum Gasteiger partial charge on any atom is -0.480 e. The fourth-order valence-corrected chi connectivity index (χ4v) is 2.40. The number of carboxylic acids is 1. The van der Waals surface area contributed by atoms with E-state index in [9.17, 15) is 9.59 Å². The third-order valence-corrected chi connectivity index (χ3v) is 4.19. The SMILES string of the molecule is CC(Cc1cn(C(C)C(=O)NC(C)(C)C(=O)O)nn1)c1ccccc1. The lowest BCUT2D eigenvalue weighted by atomic mass is 9.97. The van der Waals surface area contributed by atoms with E-state index in [1.807, 2.05) is 18.2 Å². The number of benzene rings is 1. The fourth-order valence-electron chi connectivity index (χ4n) is 2.40. The molecule has 0 aliphatic rings. The molecule has 1 heterocycles. The summed E-state index contributed by atoms with van der Waals surface area (Å²) in [6.45, 7) is 6.65. The Bertz CT molecular complexity index is 740. The number of carbonyl (C=O) groups is 2. The number of hydrogen-bond acceptors (Lipinski definition) is 4. The molecule has 0 fully saturated rings. The molecule has 0 saturated heterocycles. The highest BCUT2D eigenvalue weighted by Crippen LogP contribution is 2.19. The van der Waals surface area contributed by atoms with E-state index < -0.39 is 23.5 Å². The van der Waals surface area contributed by atoms with E-state index in [1.54, 1.807) is 13.1 Å². The third-order valence-electron chi connectivity index (χ3n) is 4.19. The van der Waals surface area contributed by atoms with Crippen molar-refractivity contribution in [3.8, 4) is 0 Å². The smallest absolute Gasteiger partial charge is 0.328 e. The van der Waals surface area contributed by atoms with Crippen LogP contribution in [0.1, 0.15) is 50.9 Å². The van der Waals surface area contributed by atoms with Gasteiger partial charge < -0.3 is 10.4 Å². The van der Waals surface area contributed by atoms with E-state index in [0.717, 1.165) is 5.69 Å². The van der Waals surface area contributed by atoms with Gasteiger partial charge in [-0.05, 0) is 38.7 Å². The molecule has 1 aromatic carbocycles. The second-order valence-corrected chi connectivity index (χ2v) is 6.80. The molecule has 0 aliphatic heterocycles. The Morgan fingerprint density at radius 2 is 1.88 bits per heavy atom. The predicted molar refractivity (Wildman–Crippen MR) is 93.2 cm³/mol. The Morgan fingerprint density at radius 3 is 2.48 bits per heavy atom. The van der Waals surface area contributed by atoms with Crippen LogP contribution >= 0.6 is 0 Å². The fraction of sp³-hybridized carbons (Fsp3) is 0.444. The van der Waals surface area contributed by atoms with Gasteiger partial charge in [-0.15, -0.1) is 5.10 Å². The number of amides is 1. The number of nitrogens with one attached hydrogen (secondary N) is 1. The number of carboxylic acid groups (broad SMARTS) is 1. The molecule has 2 aromatic rings. The van der Waals surface area contributed by atoms with Crippen LogP contribution in [0.2, 0.25) is 0 Å². The van der Waals surface area contributed by atoms with Gasteiger partial charge in [0.05, 0.1) is 5.69 Å². The van der Waals surface area contributed by atoms with Crippen LogP contribution in [0.25, 0.3) is 0 Å². The van der Waals surface area contributed by atoms with Crippen molar-refractivity contribution in [2.75, 3.05) is 0 Å². The Balaban J connectivity index is 2.02. The normalized spacial score (nSPS) is 13.9. The van der Waals surface area contributed by atoms with Gasteiger partial charge in [-0.3, -0.25) is 4.79 Å². The van der Waals surface area contributed by atoms with Crippen molar-refractivity contribution >= 4 is 11.9 Å². The molecule has 0 aliphatic carbocycles. The van der Waals surface area contributed by atoms with E-state index in [1.165, 1.54) is 24.1 Å². The molecule has 0 bridgehead atoms. The maximum Gasteiger partial charge on any atom is 0.328 e. The Hall–Kier alpha value is -2.70. The summed E-state index contributed by atoms with van der Waals surface area (Å²) in [6, 6.07) is 9.47. The van der Waals surface area contributed by atoms with Gasteiger partial charge in [0.1, 0.15) is 11.6 Å². The number of hydrogen-bond donors (Lipinski definition) is 2. The van der Waals surface area contributed by atoms with Crippen molar-refractivity contribution in [3.05, 3.63) is 47.8 Å². The van der Waals surface area contributed by atoms with Crippen molar-refractivity contribution in [2.24, 2.45) is 0 Å². The molecule has 25 heavy (non-hydrogen) atoms. The van der Waals surface area contributed by atoms with Gasteiger partial charge in [-0.1, -0.05) is 42.5 Å². The van der Waals surface area contributed by atoms with Crippen molar-refractivity contribution < 1.29 is 14.7 Å². The first-order valence-corrected chi connectivity index (χ1v) is 8.22. The van der Waals surface area contributed by atoms with Crippen LogP contribution in [0.4, 0.5) is 0 Å². The maximum absolute atomic E-state index is 12.3. The van der Waals surface area contributed by atoms with Gasteiger partial charge in [-0.2, -0.15) is 0 Å². The molecule has 0 radical (unpaired) electrons. The summed E-state index contributed by atoms with van der Waals surface area (Å²) < 4.78 is 1.46. The Morgan fingerprint density at radius 1 is 1.24 bits per heavy atom. The largest absolute Gasteiger partial charge is 0.480 e. The molecule has 134 valence electrons. The highest BCUT2D eigenvalue weighted by molar-refractivity contribution is 5.87. The standard InChI is InChI=1S/C18H24N4O3/c1-12(14-8-6-5-7-9-14)10-15-11-22(21-20-15)13(2)16(23)19-18(3,4)17(24)25/h5-9,11-13H,10H2,1-4H3,(H,19,23)(H,24,25). The molecule has 7 heteroatoms. The zero-order valence-electron chi connectivity index (χ0n) is 14.9. The highest BCUT2D eigenvalue weighted by atomic mass is 16.4. The van der Waals surface area contributed by atoms with Crippen molar-refractivity contribution in [1.29, 1.82) is 0 Å². The lowest BCUT2D eigenvalue weighted by molar-refractivity contribution is -0.146. The van der Waals surface area contributed by atoms with Gasteiger partial charge in [0.15, 0.2) is 0 Å². The van der Waals surface area contributed by atoms with E-state index >= 15 is 0 Å². The first-order chi connectivity index (χ1) is 11.7. The lowest BCUT2D eigenvalue weighted by Gasteiger charge is -2.23. The van der Waals surface area contributed by atoms with Gasteiger partial charge in [0, 0.05) is 6.20 Å². The summed E-state index contributed by atoms with van der Waals surface area (Å²) in [7, 11) is 0. The van der Waals surface area contributed by atoms with Gasteiger partial charge in [0.25, 0.3) is 0 Å². The van der Waals surface area contributed by atoms with Crippen LogP contribution < -0.4 is 5.32 Å². The van der Waals surface area contributed by atoms with Crippen LogP contribution in [-0.4, -0.2) is 37.5 Å². The molecule has 2 atom stereocenters. The Labute approximate surface area is 147 Å². The first kappa shape index (κ1) is 18.6. The topological polar surface area (TPSA) is 97.1 Å². The minimum atomic E-state index is -1.34. The van der Waals surface area contributed by atoms with E-state index in [4.69, 9.17) is 5.11 Å². The molecular formula is C18H24N4O3. The van der Waals surface area contributed by atoms with Gasteiger partial charge in [0.2, 0.25) is 5.91 Å². The third kappa shape index (κ3) is 4.65. The van der Waals surface area contributed by atoms with E-state index in [2.05, 4.69) is 34.7 Å². The molecule has 2 N–H and O–H groups in total. The zero-order chi connectivity index (χ0) is 18.6. The second kappa shape index (κ2) is 7.46. The van der Waals surface area contributed by atoms with E-state index in [0.29, 0.717) is 6.42 Å². The molecule has 2 unspecified atom stereocenters. The van der Waals surface area contributed by atoms with Crippen LogP contribution in [0.15, 0.2) is 36.5 Å². The summed E-state index contributed by atoms with van der Waals surface area (Å²) in [5.41, 5.74) is 0.663. The average molecular weight is 344 g/mol.